The normalized spacial score (nSPS) is 10.3. The molecule has 0 atom stereocenters. The van der Waals surface area contributed by atoms with Crippen molar-refractivity contribution in [3.8, 4) is 0 Å². The quantitative estimate of drug-likeness (QED) is 0.450. The van der Waals surface area contributed by atoms with Crippen LogP contribution in [0, 0.1) is 20.2 Å². The summed E-state index contributed by atoms with van der Waals surface area (Å²) in [6, 6.07) is 10.4. The summed E-state index contributed by atoms with van der Waals surface area (Å²) in [5, 5.41) is 33.2. The van der Waals surface area contributed by atoms with E-state index in [0.29, 0.717) is 0 Å². The highest BCUT2D eigenvalue weighted by atomic mass is 32.2. The summed E-state index contributed by atoms with van der Waals surface area (Å²) < 4.78 is 0. The molecule has 0 N–H and O–H groups in total. The number of thioether (sulfide) groups is 1. The number of non-ortho nitro benzene ring substituents is 1. The summed E-state index contributed by atoms with van der Waals surface area (Å²) >= 11 is 0.919. The first kappa shape index (κ1) is 16.4. The topological polar surface area (TPSA) is 126 Å². The zero-order chi connectivity index (χ0) is 17.0. The molecule has 0 heterocycles. The summed E-state index contributed by atoms with van der Waals surface area (Å²) in [7, 11) is 0. The van der Waals surface area contributed by atoms with E-state index in [0.717, 1.165) is 29.5 Å². The molecule has 0 amide bonds. The van der Waals surface area contributed by atoms with Gasteiger partial charge in [0.2, 0.25) is 0 Å². The van der Waals surface area contributed by atoms with E-state index in [2.05, 4.69) is 0 Å². The van der Waals surface area contributed by atoms with Gasteiger partial charge in [0.25, 0.3) is 11.4 Å². The molecule has 9 heteroatoms. The van der Waals surface area contributed by atoms with Crippen molar-refractivity contribution in [1.29, 1.82) is 0 Å². The molecule has 0 aliphatic rings. The first-order valence-electron chi connectivity index (χ1n) is 6.25. The van der Waals surface area contributed by atoms with E-state index in [1.807, 2.05) is 0 Å². The minimum Gasteiger partial charge on any atom is -0.545 e. The van der Waals surface area contributed by atoms with Gasteiger partial charge in [-0.15, -0.1) is 11.8 Å². The van der Waals surface area contributed by atoms with Crippen LogP contribution in [0.5, 0.6) is 0 Å². The van der Waals surface area contributed by atoms with E-state index in [1.165, 1.54) is 0 Å². The standard InChI is InChI=1S/C14H10N2O6S/c17-14(18)11-6-10(15(19)20)7-12(16(21)22)13(11)23-8-9-4-2-1-3-5-9/h1-7H,8H2,(H,17,18)/p-1. The van der Waals surface area contributed by atoms with Crippen LogP contribution in [0.2, 0.25) is 0 Å². The number of carbonyl (C=O) groups excluding carboxylic acids is 1. The van der Waals surface area contributed by atoms with Crippen LogP contribution in [0.3, 0.4) is 0 Å². The van der Waals surface area contributed by atoms with Gasteiger partial charge in [0.1, 0.15) is 0 Å². The summed E-state index contributed by atoms with van der Waals surface area (Å²) in [6.07, 6.45) is 0. The van der Waals surface area contributed by atoms with Gasteiger partial charge < -0.3 is 9.90 Å². The maximum absolute atomic E-state index is 11.2. The number of aromatic carboxylic acids is 1. The summed E-state index contributed by atoms with van der Waals surface area (Å²) in [6.45, 7) is 0. The molecular weight excluding hydrogens is 324 g/mol. The van der Waals surface area contributed by atoms with Gasteiger partial charge in [-0.25, -0.2) is 0 Å². The Kier molecular flexibility index (Phi) is 4.91. The average molecular weight is 333 g/mol. The number of carbonyl (C=O) groups is 1. The Morgan fingerprint density at radius 1 is 1.04 bits per heavy atom. The third kappa shape index (κ3) is 3.83. The fraction of sp³-hybridized carbons (Fsp3) is 0.0714. The molecule has 2 aromatic rings. The Balaban J connectivity index is 2.48. The fourth-order valence-electron chi connectivity index (χ4n) is 1.87. The average Bonchev–Trinajstić information content (AvgIpc) is 2.52. The van der Waals surface area contributed by atoms with Crippen LogP contribution >= 0.6 is 11.8 Å². The first-order valence-corrected chi connectivity index (χ1v) is 7.23. The Morgan fingerprint density at radius 2 is 1.70 bits per heavy atom. The predicted octanol–water partition coefficient (Wildman–Crippen LogP) is 2.16. The third-order valence-corrected chi connectivity index (χ3v) is 4.10. The molecule has 0 spiro atoms. The molecule has 0 saturated heterocycles. The monoisotopic (exact) mass is 333 g/mol. The van der Waals surface area contributed by atoms with Crippen molar-refractivity contribution < 1.29 is 19.7 Å². The Hall–Kier alpha value is -2.94. The lowest BCUT2D eigenvalue weighted by Gasteiger charge is -2.10. The molecule has 0 saturated carbocycles. The lowest BCUT2D eigenvalue weighted by atomic mass is 10.1. The molecule has 0 unspecified atom stereocenters. The van der Waals surface area contributed by atoms with Crippen molar-refractivity contribution in [2.24, 2.45) is 0 Å². The van der Waals surface area contributed by atoms with Crippen LogP contribution in [0.25, 0.3) is 0 Å². The first-order chi connectivity index (χ1) is 10.9. The summed E-state index contributed by atoms with van der Waals surface area (Å²) in [4.78, 5) is 31.3. The number of hydrogen-bond donors (Lipinski definition) is 0. The van der Waals surface area contributed by atoms with E-state index in [-0.39, 0.29) is 10.6 Å². The lowest BCUT2D eigenvalue weighted by molar-refractivity contribution is -0.396. The van der Waals surface area contributed by atoms with Crippen molar-refractivity contribution in [2.75, 3.05) is 0 Å². The van der Waals surface area contributed by atoms with Gasteiger partial charge in [-0.1, -0.05) is 30.3 Å². The van der Waals surface area contributed by atoms with Crippen molar-refractivity contribution in [2.45, 2.75) is 10.6 Å². The molecule has 8 nitrogen and oxygen atoms in total. The molecule has 0 radical (unpaired) electrons. The molecule has 0 aliphatic heterocycles. The van der Waals surface area contributed by atoms with Gasteiger partial charge in [0.05, 0.1) is 26.8 Å². The van der Waals surface area contributed by atoms with Crippen molar-refractivity contribution in [3.05, 3.63) is 73.8 Å². The molecule has 23 heavy (non-hydrogen) atoms. The number of rotatable bonds is 6. The number of nitro groups is 2. The maximum Gasteiger partial charge on any atom is 0.290 e. The van der Waals surface area contributed by atoms with E-state index in [4.69, 9.17) is 0 Å². The molecule has 2 aromatic carbocycles. The largest absolute Gasteiger partial charge is 0.545 e. The SMILES string of the molecule is O=C([O-])c1cc([N+](=O)[O-])cc([N+](=O)[O-])c1SCc1ccccc1. The highest BCUT2D eigenvalue weighted by molar-refractivity contribution is 7.98. The van der Waals surface area contributed by atoms with Gasteiger partial charge in [0.15, 0.2) is 0 Å². The van der Waals surface area contributed by atoms with Gasteiger partial charge >= 0.3 is 0 Å². The number of nitro benzene ring substituents is 2. The van der Waals surface area contributed by atoms with Crippen molar-refractivity contribution in [3.63, 3.8) is 0 Å². The van der Waals surface area contributed by atoms with Gasteiger partial charge in [-0.2, -0.15) is 0 Å². The number of hydrogen-bond acceptors (Lipinski definition) is 7. The smallest absolute Gasteiger partial charge is 0.290 e. The second-order valence-corrected chi connectivity index (χ2v) is 5.40. The van der Waals surface area contributed by atoms with Crippen molar-refractivity contribution >= 4 is 29.1 Å². The molecule has 2 rings (SSSR count). The second kappa shape index (κ2) is 6.88. The van der Waals surface area contributed by atoms with Crippen LogP contribution in [-0.4, -0.2) is 15.8 Å². The highest BCUT2D eigenvalue weighted by Gasteiger charge is 2.25. The minimum atomic E-state index is -1.70. The van der Waals surface area contributed by atoms with E-state index < -0.39 is 32.8 Å². The third-order valence-electron chi connectivity index (χ3n) is 2.91. The van der Waals surface area contributed by atoms with E-state index >= 15 is 0 Å². The number of carboxylic acids is 1. The highest BCUT2D eigenvalue weighted by Crippen LogP contribution is 2.37. The van der Waals surface area contributed by atoms with E-state index in [9.17, 15) is 30.1 Å². The number of benzene rings is 2. The number of carboxylic acid groups (broad SMARTS) is 1. The summed E-state index contributed by atoms with van der Waals surface area (Å²) in [5.41, 5.74) is -1.03. The summed E-state index contributed by atoms with van der Waals surface area (Å²) in [5.74, 6) is -1.42. The van der Waals surface area contributed by atoms with Crippen LogP contribution < -0.4 is 5.11 Å². The van der Waals surface area contributed by atoms with E-state index in [1.54, 1.807) is 30.3 Å². The van der Waals surface area contributed by atoms with Gasteiger partial charge in [0, 0.05) is 17.4 Å². The fourth-order valence-corrected chi connectivity index (χ4v) is 2.96. The Bertz CT molecular complexity index is 743. The molecule has 0 aliphatic carbocycles. The minimum absolute atomic E-state index is 0.163. The predicted molar refractivity (Wildman–Crippen MR) is 80.1 cm³/mol. The molecule has 0 aromatic heterocycles. The zero-order valence-corrected chi connectivity index (χ0v) is 12.3. The molecule has 118 valence electrons. The Morgan fingerprint density at radius 3 is 2.22 bits per heavy atom. The molecule has 0 fully saturated rings. The van der Waals surface area contributed by atoms with Crippen LogP contribution in [0.15, 0.2) is 47.4 Å². The van der Waals surface area contributed by atoms with Crippen molar-refractivity contribution in [1.82, 2.24) is 0 Å². The maximum atomic E-state index is 11.2. The zero-order valence-electron chi connectivity index (χ0n) is 11.5. The van der Waals surface area contributed by atoms with Gasteiger partial charge in [-0.3, -0.25) is 20.2 Å². The van der Waals surface area contributed by atoms with Crippen LogP contribution in [0.1, 0.15) is 15.9 Å². The second-order valence-electron chi connectivity index (χ2n) is 4.42. The Labute approximate surface area is 134 Å². The van der Waals surface area contributed by atoms with Crippen LogP contribution in [-0.2, 0) is 5.75 Å². The molecular formula is C14H9N2O6S-. The number of nitrogens with zero attached hydrogens (tertiary/aromatic N) is 2. The van der Waals surface area contributed by atoms with Crippen LogP contribution in [0.4, 0.5) is 11.4 Å². The van der Waals surface area contributed by atoms with Gasteiger partial charge in [-0.05, 0) is 5.56 Å². The lowest BCUT2D eigenvalue weighted by Crippen LogP contribution is -2.23. The molecule has 0 bridgehead atoms.